The van der Waals surface area contributed by atoms with E-state index in [4.69, 9.17) is 19.9 Å². The van der Waals surface area contributed by atoms with Crippen molar-refractivity contribution in [1.82, 2.24) is 19.9 Å². The molecule has 0 aliphatic heterocycles. The molecule has 2 heterocycles. The van der Waals surface area contributed by atoms with Crippen LogP contribution in [-0.2, 0) is 0 Å². The summed E-state index contributed by atoms with van der Waals surface area (Å²) < 4.78 is 0. The molecule has 9 aromatic carbocycles. The van der Waals surface area contributed by atoms with Crippen LogP contribution in [0.15, 0.2) is 231 Å². The molecule has 11 aromatic rings. The summed E-state index contributed by atoms with van der Waals surface area (Å²) in [5.41, 5.74) is 15.3. The fraction of sp³-hybridized carbons (Fsp3) is 0. The minimum Gasteiger partial charge on any atom is -0.256 e. The fourth-order valence-electron chi connectivity index (χ4n) is 8.23. The summed E-state index contributed by atoms with van der Waals surface area (Å²) in [5.74, 6) is 1.89. The molecule has 0 radical (unpaired) electrons. The van der Waals surface area contributed by atoms with Crippen molar-refractivity contribution in [2.75, 3.05) is 0 Å². The van der Waals surface area contributed by atoms with Gasteiger partial charge in [0.1, 0.15) is 0 Å². The third kappa shape index (κ3) is 7.31. The Morgan fingerprint density at radius 2 is 0.565 bits per heavy atom. The van der Waals surface area contributed by atoms with Crippen molar-refractivity contribution in [1.29, 1.82) is 0 Å². The molecular formula is C58H38N4. The van der Waals surface area contributed by atoms with Gasteiger partial charge in [-0.05, 0) is 73.2 Å². The molecule has 0 aliphatic carbocycles. The molecule has 0 saturated heterocycles. The van der Waals surface area contributed by atoms with E-state index in [-0.39, 0.29) is 0 Å². The van der Waals surface area contributed by atoms with Gasteiger partial charge in [-0.3, -0.25) is 4.98 Å². The zero-order valence-corrected chi connectivity index (χ0v) is 33.7. The maximum atomic E-state index is 5.04. The van der Waals surface area contributed by atoms with Crippen LogP contribution in [0.1, 0.15) is 0 Å². The van der Waals surface area contributed by atoms with Crippen molar-refractivity contribution in [3.8, 4) is 89.8 Å². The molecule has 0 saturated carbocycles. The Kier molecular flexibility index (Phi) is 9.49. The minimum atomic E-state index is 0.626. The lowest BCUT2D eigenvalue weighted by Crippen LogP contribution is -2.00. The van der Waals surface area contributed by atoms with Crippen LogP contribution in [0.4, 0.5) is 0 Å². The second-order valence-electron chi connectivity index (χ2n) is 15.5. The minimum absolute atomic E-state index is 0.626. The molecule has 4 heteroatoms. The molecule has 0 spiro atoms. The van der Waals surface area contributed by atoms with Crippen molar-refractivity contribution in [2.24, 2.45) is 0 Å². The largest absolute Gasteiger partial charge is 0.256 e. The number of hydrogen-bond acceptors (Lipinski definition) is 4. The quantitative estimate of drug-likeness (QED) is 0.144. The summed E-state index contributed by atoms with van der Waals surface area (Å²) in [6.45, 7) is 0. The predicted octanol–water partition coefficient (Wildman–Crippen LogP) is 14.9. The number of aromatic nitrogens is 4. The summed E-state index contributed by atoms with van der Waals surface area (Å²) in [5, 5.41) is 3.55. The normalized spacial score (nSPS) is 11.2. The van der Waals surface area contributed by atoms with Crippen LogP contribution >= 0.6 is 0 Å². The average Bonchev–Trinajstić information content (AvgIpc) is 3.37. The van der Waals surface area contributed by atoms with E-state index in [2.05, 4.69) is 212 Å². The van der Waals surface area contributed by atoms with E-state index >= 15 is 0 Å². The Morgan fingerprint density at radius 1 is 0.226 bits per heavy atom. The molecule has 0 N–H and O–H groups in total. The van der Waals surface area contributed by atoms with Gasteiger partial charge in [0.15, 0.2) is 17.5 Å². The van der Waals surface area contributed by atoms with Gasteiger partial charge in [-0.2, -0.15) is 0 Å². The highest BCUT2D eigenvalue weighted by Gasteiger charge is 2.14. The zero-order chi connectivity index (χ0) is 41.2. The number of nitrogens with zero attached hydrogens (tertiary/aromatic N) is 4. The van der Waals surface area contributed by atoms with Gasteiger partial charge in [-0.1, -0.05) is 212 Å². The third-order valence-corrected chi connectivity index (χ3v) is 11.6. The lowest BCUT2D eigenvalue weighted by molar-refractivity contribution is 1.07. The standard InChI is InChI=1S/C58H38N4/c1-3-10-39(11-4-1)41-22-28-46(29-23-41)56-60-57(47-30-24-42(25-31-47)40-12-5-2-6-13-40)62-58(61-56)48-32-26-44(27-33-48)43-18-20-45(21-19-43)49-15-9-16-50(36-49)51-34-35-54-53-17-8-7-14-52(53)38-59-55(54)37-51/h1-38H. The SMILES string of the molecule is c1ccc(-c2ccc(-c3nc(-c4ccc(-c5ccccc5)cc4)nc(-c4ccc(-c5ccc(-c6cccc(-c7ccc8c(c7)ncc7ccccc78)c6)cc5)cc4)n3)cc2)cc1. The highest BCUT2D eigenvalue weighted by molar-refractivity contribution is 6.06. The maximum Gasteiger partial charge on any atom is 0.164 e. The first kappa shape index (κ1) is 36.7. The van der Waals surface area contributed by atoms with Crippen LogP contribution in [0.25, 0.3) is 111 Å². The summed E-state index contributed by atoms with van der Waals surface area (Å²) in [4.78, 5) is 19.9. The van der Waals surface area contributed by atoms with Crippen LogP contribution in [0.2, 0.25) is 0 Å². The lowest BCUT2D eigenvalue weighted by Gasteiger charge is -2.11. The van der Waals surface area contributed by atoms with E-state index in [1.165, 1.54) is 27.5 Å². The van der Waals surface area contributed by atoms with E-state index in [1.807, 2.05) is 18.3 Å². The van der Waals surface area contributed by atoms with E-state index in [9.17, 15) is 0 Å². The van der Waals surface area contributed by atoms with Gasteiger partial charge in [0.2, 0.25) is 0 Å². The summed E-state index contributed by atoms with van der Waals surface area (Å²) in [6.07, 6.45) is 1.96. The van der Waals surface area contributed by atoms with Crippen LogP contribution in [0, 0.1) is 0 Å². The Bertz CT molecular complexity index is 3240. The zero-order valence-electron chi connectivity index (χ0n) is 33.7. The van der Waals surface area contributed by atoms with Gasteiger partial charge in [-0.15, -0.1) is 0 Å². The Hall–Kier alpha value is -8.34. The second-order valence-corrected chi connectivity index (χ2v) is 15.5. The van der Waals surface area contributed by atoms with E-state index < -0.39 is 0 Å². The highest BCUT2D eigenvalue weighted by Crippen LogP contribution is 2.33. The van der Waals surface area contributed by atoms with Crippen molar-refractivity contribution >= 4 is 21.7 Å². The van der Waals surface area contributed by atoms with Crippen LogP contribution in [0.3, 0.4) is 0 Å². The van der Waals surface area contributed by atoms with Crippen molar-refractivity contribution in [3.63, 3.8) is 0 Å². The van der Waals surface area contributed by atoms with Crippen LogP contribution in [-0.4, -0.2) is 19.9 Å². The number of benzene rings is 9. The first-order valence-corrected chi connectivity index (χ1v) is 20.9. The third-order valence-electron chi connectivity index (χ3n) is 11.6. The molecule has 0 fully saturated rings. The van der Waals surface area contributed by atoms with Gasteiger partial charge in [0.05, 0.1) is 5.52 Å². The Morgan fingerprint density at radius 3 is 1.05 bits per heavy atom. The lowest BCUT2D eigenvalue weighted by atomic mass is 9.96. The number of hydrogen-bond donors (Lipinski definition) is 0. The van der Waals surface area contributed by atoms with Crippen molar-refractivity contribution in [3.05, 3.63) is 231 Å². The molecule has 0 atom stereocenters. The number of rotatable bonds is 8. The Balaban J connectivity index is 0.876. The molecule has 11 rings (SSSR count). The smallest absolute Gasteiger partial charge is 0.164 e. The van der Waals surface area contributed by atoms with Gasteiger partial charge >= 0.3 is 0 Å². The molecule has 62 heavy (non-hydrogen) atoms. The van der Waals surface area contributed by atoms with Crippen LogP contribution < -0.4 is 0 Å². The van der Waals surface area contributed by atoms with Crippen LogP contribution in [0.5, 0.6) is 0 Å². The molecule has 0 unspecified atom stereocenters. The first-order chi connectivity index (χ1) is 30.7. The van der Waals surface area contributed by atoms with Gasteiger partial charge < -0.3 is 0 Å². The number of pyridine rings is 1. The summed E-state index contributed by atoms with van der Waals surface area (Å²) >= 11 is 0. The molecule has 290 valence electrons. The second kappa shape index (κ2) is 16.0. The molecular weight excluding hydrogens is 753 g/mol. The molecule has 0 amide bonds. The van der Waals surface area contributed by atoms with E-state index in [1.54, 1.807) is 0 Å². The highest BCUT2D eigenvalue weighted by atomic mass is 15.0. The molecule has 4 nitrogen and oxygen atoms in total. The molecule has 0 aliphatic rings. The Labute approximate surface area is 360 Å². The summed E-state index contributed by atoms with van der Waals surface area (Å²) in [6, 6.07) is 78.7. The fourth-order valence-corrected chi connectivity index (χ4v) is 8.23. The molecule has 2 aromatic heterocycles. The summed E-state index contributed by atoms with van der Waals surface area (Å²) in [7, 11) is 0. The van der Waals surface area contributed by atoms with Crippen molar-refractivity contribution in [2.45, 2.75) is 0 Å². The average molecular weight is 791 g/mol. The predicted molar refractivity (Wildman–Crippen MR) is 256 cm³/mol. The maximum absolute atomic E-state index is 5.04. The first-order valence-electron chi connectivity index (χ1n) is 20.9. The van der Waals surface area contributed by atoms with Gasteiger partial charge in [0.25, 0.3) is 0 Å². The van der Waals surface area contributed by atoms with Gasteiger partial charge in [-0.25, -0.2) is 15.0 Å². The van der Waals surface area contributed by atoms with Crippen molar-refractivity contribution < 1.29 is 0 Å². The number of fused-ring (bicyclic) bond motifs is 3. The van der Waals surface area contributed by atoms with E-state index in [0.717, 1.165) is 66.5 Å². The van der Waals surface area contributed by atoms with E-state index in [0.29, 0.717) is 17.5 Å². The molecule has 0 bridgehead atoms. The topological polar surface area (TPSA) is 51.6 Å². The van der Waals surface area contributed by atoms with Gasteiger partial charge in [0, 0.05) is 33.7 Å². The monoisotopic (exact) mass is 790 g/mol.